The monoisotopic (exact) mass is 249 g/mol. The summed E-state index contributed by atoms with van der Waals surface area (Å²) in [7, 11) is 0. The van der Waals surface area contributed by atoms with Gasteiger partial charge in [0.25, 0.3) is 0 Å². The van der Waals surface area contributed by atoms with Gasteiger partial charge in [-0.1, -0.05) is 0 Å². The van der Waals surface area contributed by atoms with E-state index >= 15 is 0 Å². The number of aromatic nitrogens is 2. The lowest BCUT2D eigenvalue weighted by Gasteiger charge is -2.28. The van der Waals surface area contributed by atoms with Crippen molar-refractivity contribution in [1.82, 2.24) is 14.7 Å². The summed E-state index contributed by atoms with van der Waals surface area (Å²) in [6.07, 6.45) is 5.56. The van der Waals surface area contributed by atoms with Crippen LogP contribution in [0.3, 0.4) is 0 Å². The van der Waals surface area contributed by atoms with Gasteiger partial charge in [0.15, 0.2) is 0 Å². The minimum Gasteiger partial charge on any atom is -0.394 e. The number of hydrogen-bond donors (Lipinski definition) is 1. The number of carbonyl (C=O) groups is 1. The lowest BCUT2D eigenvalue weighted by Crippen LogP contribution is -2.41. The molecule has 98 valence electrons. The lowest BCUT2D eigenvalue weighted by atomic mass is 10.1. The summed E-state index contributed by atoms with van der Waals surface area (Å²) in [6.45, 7) is 1.40. The second-order valence-corrected chi connectivity index (χ2v) is 5.34. The molecule has 0 unspecified atom stereocenters. The van der Waals surface area contributed by atoms with Crippen LogP contribution in [0, 0.1) is 5.92 Å². The molecule has 1 fully saturated rings. The van der Waals surface area contributed by atoms with E-state index in [9.17, 15) is 9.90 Å². The molecule has 1 N–H and O–H groups in total. The summed E-state index contributed by atoms with van der Waals surface area (Å²) < 4.78 is 1.94. The van der Waals surface area contributed by atoms with Crippen LogP contribution in [-0.4, -0.2) is 38.3 Å². The molecule has 2 aliphatic rings. The first kappa shape index (κ1) is 11.7. The molecule has 1 aliphatic heterocycles. The number of nitrogens with zero attached hydrogens (tertiary/aromatic N) is 3. The van der Waals surface area contributed by atoms with Gasteiger partial charge in [-0.2, -0.15) is 5.10 Å². The first-order valence-corrected chi connectivity index (χ1v) is 6.69. The second-order valence-electron chi connectivity index (χ2n) is 5.34. The van der Waals surface area contributed by atoms with Gasteiger partial charge in [-0.25, -0.2) is 0 Å². The van der Waals surface area contributed by atoms with Crippen LogP contribution in [-0.2, 0) is 17.9 Å². The minimum atomic E-state index is -0.0575. The average molecular weight is 249 g/mol. The Morgan fingerprint density at radius 2 is 2.28 bits per heavy atom. The van der Waals surface area contributed by atoms with E-state index in [1.807, 2.05) is 15.6 Å². The van der Waals surface area contributed by atoms with Crippen molar-refractivity contribution < 1.29 is 9.90 Å². The Labute approximate surface area is 106 Å². The highest BCUT2D eigenvalue weighted by Crippen LogP contribution is 2.33. The van der Waals surface area contributed by atoms with Crippen molar-refractivity contribution >= 4 is 5.91 Å². The molecule has 0 spiro atoms. The van der Waals surface area contributed by atoms with Gasteiger partial charge in [0.2, 0.25) is 5.91 Å². The van der Waals surface area contributed by atoms with Gasteiger partial charge in [-0.15, -0.1) is 0 Å². The van der Waals surface area contributed by atoms with Gasteiger partial charge >= 0.3 is 0 Å². The Morgan fingerprint density at radius 3 is 3.00 bits per heavy atom. The van der Waals surface area contributed by atoms with E-state index in [2.05, 4.69) is 5.10 Å². The summed E-state index contributed by atoms with van der Waals surface area (Å²) in [5, 5.41) is 13.7. The second kappa shape index (κ2) is 4.72. The fourth-order valence-electron chi connectivity index (χ4n) is 2.59. The van der Waals surface area contributed by atoms with E-state index in [1.54, 1.807) is 6.20 Å². The highest BCUT2D eigenvalue weighted by atomic mass is 16.3. The molecule has 1 aromatic heterocycles. The standard InChI is InChI=1S/C13H19N3O2/c17-9-12-4-6-16-11(3-5-14-16)8-15(12)13(18)7-10-1-2-10/h3,5,10,12,17H,1-2,4,6-9H2/t12-/m1/s1. The summed E-state index contributed by atoms with van der Waals surface area (Å²) in [5.74, 6) is 0.774. The highest BCUT2D eigenvalue weighted by Gasteiger charge is 2.31. The molecule has 0 bridgehead atoms. The molecule has 1 aliphatic carbocycles. The first-order valence-electron chi connectivity index (χ1n) is 6.69. The fourth-order valence-corrected chi connectivity index (χ4v) is 2.59. The zero-order valence-electron chi connectivity index (χ0n) is 10.5. The largest absolute Gasteiger partial charge is 0.394 e. The fraction of sp³-hybridized carbons (Fsp3) is 0.692. The highest BCUT2D eigenvalue weighted by molar-refractivity contribution is 5.77. The van der Waals surface area contributed by atoms with Crippen LogP contribution in [0.5, 0.6) is 0 Å². The Morgan fingerprint density at radius 1 is 1.44 bits per heavy atom. The van der Waals surface area contributed by atoms with Crippen molar-refractivity contribution in [1.29, 1.82) is 0 Å². The quantitative estimate of drug-likeness (QED) is 0.861. The van der Waals surface area contributed by atoms with Gasteiger partial charge in [0.1, 0.15) is 0 Å². The van der Waals surface area contributed by atoms with Crippen molar-refractivity contribution in [2.75, 3.05) is 6.61 Å². The molecule has 0 saturated heterocycles. The Hall–Kier alpha value is -1.36. The van der Waals surface area contributed by atoms with E-state index in [0.717, 1.165) is 18.7 Å². The van der Waals surface area contributed by atoms with Crippen LogP contribution in [0.1, 0.15) is 31.4 Å². The third kappa shape index (κ3) is 2.27. The molecule has 5 heteroatoms. The molecule has 0 radical (unpaired) electrons. The molecular formula is C13H19N3O2. The van der Waals surface area contributed by atoms with E-state index in [-0.39, 0.29) is 18.6 Å². The van der Waals surface area contributed by atoms with Crippen LogP contribution in [0.2, 0.25) is 0 Å². The van der Waals surface area contributed by atoms with E-state index in [1.165, 1.54) is 12.8 Å². The van der Waals surface area contributed by atoms with E-state index in [4.69, 9.17) is 0 Å². The summed E-state index contributed by atoms with van der Waals surface area (Å²) >= 11 is 0. The Balaban J connectivity index is 1.77. The molecule has 1 saturated carbocycles. The first-order chi connectivity index (χ1) is 8.78. The van der Waals surface area contributed by atoms with Crippen molar-refractivity contribution in [3.8, 4) is 0 Å². The Bertz CT molecular complexity index is 439. The van der Waals surface area contributed by atoms with Crippen LogP contribution < -0.4 is 0 Å². The third-order valence-corrected chi connectivity index (χ3v) is 3.94. The smallest absolute Gasteiger partial charge is 0.223 e. The van der Waals surface area contributed by atoms with Gasteiger partial charge in [-0.3, -0.25) is 9.48 Å². The zero-order chi connectivity index (χ0) is 12.5. The molecular weight excluding hydrogens is 230 g/mol. The predicted octanol–water partition coefficient (Wildman–Crippen LogP) is 0.776. The van der Waals surface area contributed by atoms with Crippen LogP contribution in [0.25, 0.3) is 0 Å². The van der Waals surface area contributed by atoms with Crippen LogP contribution >= 0.6 is 0 Å². The van der Waals surface area contributed by atoms with Crippen molar-refractivity contribution in [2.24, 2.45) is 5.92 Å². The molecule has 18 heavy (non-hydrogen) atoms. The molecule has 1 atom stereocenters. The third-order valence-electron chi connectivity index (χ3n) is 3.94. The topological polar surface area (TPSA) is 58.4 Å². The number of aliphatic hydroxyl groups is 1. The van der Waals surface area contributed by atoms with Crippen molar-refractivity contribution in [3.63, 3.8) is 0 Å². The SMILES string of the molecule is O=C(CC1CC1)N1Cc2ccnn2CC[C@@H]1CO. The number of aryl methyl sites for hydroxylation is 1. The number of fused-ring (bicyclic) bond motifs is 1. The molecule has 1 amide bonds. The van der Waals surface area contributed by atoms with E-state index in [0.29, 0.717) is 18.9 Å². The molecule has 3 rings (SSSR count). The average Bonchev–Trinajstić information content (AvgIpc) is 3.10. The van der Waals surface area contributed by atoms with Crippen LogP contribution in [0.15, 0.2) is 12.3 Å². The number of aliphatic hydroxyl groups excluding tert-OH is 1. The van der Waals surface area contributed by atoms with Crippen molar-refractivity contribution in [3.05, 3.63) is 18.0 Å². The summed E-state index contributed by atoms with van der Waals surface area (Å²) in [6, 6.07) is 1.90. The molecule has 2 heterocycles. The zero-order valence-corrected chi connectivity index (χ0v) is 10.5. The number of carbonyl (C=O) groups excluding carboxylic acids is 1. The van der Waals surface area contributed by atoms with Gasteiger partial charge in [0, 0.05) is 19.2 Å². The summed E-state index contributed by atoms with van der Waals surface area (Å²) in [4.78, 5) is 14.1. The van der Waals surface area contributed by atoms with Gasteiger partial charge in [0.05, 0.1) is 24.9 Å². The van der Waals surface area contributed by atoms with Gasteiger partial charge in [-0.05, 0) is 31.2 Å². The van der Waals surface area contributed by atoms with E-state index < -0.39 is 0 Å². The predicted molar refractivity (Wildman–Crippen MR) is 65.6 cm³/mol. The number of rotatable bonds is 3. The van der Waals surface area contributed by atoms with Crippen LogP contribution in [0.4, 0.5) is 0 Å². The van der Waals surface area contributed by atoms with Gasteiger partial charge < -0.3 is 10.0 Å². The minimum absolute atomic E-state index is 0.0429. The lowest BCUT2D eigenvalue weighted by molar-refractivity contribution is -0.135. The Kier molecular flexibility index (Phi) is 3.07. The number of amides is 1. The normalized spacial score (nSPS) is 23.6. The number of hydrogen-bond acceptors (Lipinski definition) is 3. The maximum absolute atomic E-state index is 12.3. The molecule has 5 nitrogen and oxygen atoms in total. The molecule has 1 aromatic rings. The maximum Gasteiger partial charge on any atom is 0.223 e. The summed E-state index contributed by atoms with van der Waals surface area (Å²) in [5.41, 5.74) is 1.06. The molecule has 0 aromatic carbocycles. The maximum atomic E-state index is 12.3. The van der Waals surface area contributed by atoms with Crippen molar-refractivity contribution in [2.45, 2.75) is 44.8 Å².